The molecule has 0 atom stereocenters. The van der Waals surface area contributed by atoms with Crippen LogP contribution in [0.3, 0.4) is 0 Å². The van der Waals surface area contributed by atoms with Crippen molar-refractivity contribution in [2.75, 3.05) is 13.1 Å². The maximum atomic E-state index is 12.9. The summed E-state index contributed by atoms with van der Waals surface area (Å²) in [5.41, 5.74) is 7.13. The van der Waals surface area contributed by atoms with E-state index in [4.69, 9.17) is 17.3 Å². The Balaban J connectivity index is 1.54. The van der Waals surface area contributed by atoms with E-state index in [0.717, 1.165) is 5.56 Å². The van der Waals surface area contributed by atoms with Gasteiger partial charge in [-0.25, -0.2) is 13.4 Å². The first-order chi connectivity index (χ1) is 14.4. The van der Waals surface area contributed by atoms with Gasteiger partial charge in [-0.05, 0) is 31.0 Å². The summed E-state index contributed by atoms with van der Waals surface area (Å²) in [6.07, 6.45) is 1.17. The lowest BCUT2D eigenvalue weighted by Crippen LogP contribution is -2.38. The minimum absolute atomic E-state index is 0.00590. The number of imidazole rings is 1. The molecule has 2 aromatic carbocycles. The molecule has 1 amide bonds. The van der Waals surface area contributed by atoms with Crippen LogP contribution in [-0.2, 0) is 10.0 Å². The van der Waals surface area contributed by atoms with Crippen LogP contribution >= 0.6 is 11.6 Å². The number of nitrogens with zero attached hydrogens (tertiary/aromatic N) is 2. The highest BCUT2D eigenvalue weighted by Gasteiger charge is 2.32. The number of halogens is 1. The second kappa shape index (κ2) is 8.22. The van der Waals surface area contributed by atoms with Crippen molar-refractivity contribution in [2.45, 2.75) is 23.7 Å². The molecule has 1 aliphatic rings. The number of aromatic nitrogens is 2. The van der Waals surface area contributed by atoms with Crippen LogP contribution in [0.25, 0.3) is 11.3 Å². The summed E-state index contributed by atoms with van der Waals surface area (Å²) in [4.78, 5) is 19.8. The smallest absolute Gasteiger partial charge is 0.267 e. The summed E-state index contributed by atoms with van der Waals surface area (Å²) in [5, 5.41) is 0.383. The normalized spacial score (nSPS) is 15.9. The molecule has 0 aliphatic carbocycles. The number of sulfonamides is 1. The molecule has 1 aliphatic heterocycles. The molecule has 3 N–H and O–H groups in total. The molecule has 4 rings (SSSR count). The van der Waals surface area contributed by atoms with Gasteiger partial charge in [0.05, 0.1) is 4.90 Å². The molecular weight excluding hydrogens is 424 g/mol. The SMILES string of the molecule is NC(=O)c1[nH]c(C2CCN(S(=O)(=O)c3cccc(Cl)c3)CC2)nc1-c1ccccc1. The molecular formula is C21H21ClN4O3S. The Kier molecular flexibility index (Phi) is 5.64. The highest BCUT2D eigenvalue weighted by atomic mass is 35.5. The molecule has 0 spiro atoms. The van der Waals surface area contributed by atoms with Gasteiger partial charge in [-0.3, -0.25) is 4.79 Å². The van der Waals surface area contributed by atoms with Crippen molar-refractivity contribution in [1.82, 2.24) is 14.3 Å². The van der Waals surface area contributed by atoms with Crippen LogP contribution in [-0.4, -0.2) is 41.7 Å². The van der Waals surface area contributed by atoms with E-state index in [2.05, 4.69) is 9.97 Å². The molecule has 0 unspecified atom stereocenters. The number of rotatable bonds is 5. The molecule has 1 fully saturated rings. The van der Waals surface area contributed by atoms with Crippen LogP contribution in [0.2, 0.25) is 5.02 Å². The largest absolute Gasteiger partial charge is 0.364 e. The van der Waals surface area contributed by atoms with Crippen molar-refractivity contribution in [3.63, 3.8) is 0 Å². The Bertz CT molecular complexity index is 1170. The maximum absolute atomic E-state index is 12.9. The summed E-state index contributed by atoms with van der Waals surface area (Å²) in [7, 11) is -3.61. The fraction of sp³-hybridized carbons (Fsp3) is 0.238. The first-order valence-electron chi connectivity index (χ1n) is 9.57. The number of amides is 1. The van der Waals surface area contributed by atoms with E-state index in [0.29, 0.717) is 42.5 Å². The standard InChI is InChI=1S/C21H21ClN4O3S/c22-16-7-4-8-17(13-16)30(28,29)26-11-9-15(10-12-26)21-24-18(19(25-21)20(23)27)14-5-2-1-3-6-14/h1-8,13,15H,9-12H2,(H2,23,27)(H,24,25). The predicted octanol–water partition coefficient (Wildman–Crippen LogP) is 3.40. The Morgan fingerprint density at radius 1 is 1.10 bits per heavy atom. The van der Waals surface area contributed by atoms with Crippen molar-refractivity contribution >= 4 is 27.5 Å². The second-order valence-corrected chi connectivity index (χ2v) is 9.59. The van der Waals surface area contributed by atoms with Gasteiger partial charge in [0.1, 0.15) is 17.2 Å². The van der Waals surface area contributed by atoms with Gasteiger partial charge in [-0.15, -0.1) is 0 Å². The fourth-order valence-corrected chi connectivity index (χ4v) is 5.49. The number of carbonyl (C=O) groups is 1. The summed E-state index contributed by atoms with van der Waals surface area (Å²) in [6.45, 7) is 0.708. The zero-order chi connectivity index (χ0) is 21.3. The third-order valence-corrected chi connectivity index (χ3v) is 7.42. The van der Waals surface area contributed by atoms with Crippen molar-refractivity contribution in [2.24, 2.45) is 5.73 Å². The highest BCUT2D eigenvalue weighted by Crippen LogP contribution is 2.32. The number of primary amides is 1. The average molecular weight is 445 g/mol. The van der Waals surface area contributed by atoms with Crippen LogP contribution in [0.15, 0.2) is 59.5 Å². The number of benzene rings is 2. The first kappa shape index (κ1) is 20.6. The summed E-state index contributed by atoms with van der Waals surface area (Å²) < 4.78 is 27.3. The minimum atomic E-state index is -3.61. The minimum Gasteiger partial charge on any atom is -0.364 e. The summed E-state index contributed by atoms with van der Waals surface area (Å²) in [6, 6.07) is 15.6. The van der Waals surface area contributed by atoms with E-state index in [-0.39, 0.29) is 16.5 Å². The van der Waals surface area contributed by atoms with Crippen LogP contribution < -0.4 is 5.73 Å². The van der Waals surface area contributed by atoms with Crippen LogP contribution in [0.1, 0.15) is 35.1 Å². The van der Waals surface area contributed by atoms with Crippen LogP contribution in [0.4, 0.5) is 0 Å². The molecule has 0 radical (unpaired) electrons. The third-order valence-electron chi connectivity index (χ3n) is 5.29. The van der Waals surface area contributed by atoms with Gasteiger partial charge in [0.2, 0.25) is 10.0 Å². The summed E-state index contributed by atoms with van der Waals surface area (Å²) >= 11 is 5.95. The summed E-state index contributed by atoms with van der Waals surface area (Å²) in [5.74, 6) is 0.0856. The van der Waals surface area contributed by atoms with Gasteiger partial charge >= 0.3 is 0 Å². The Labute approximate surface area is 179 Å². The lowest BCUT2D eigenvalue weighted by molar-refractivity contribution is 0.0996. The van der Waals surface area contributed by atoms with E-state index < -0.39 is 15.9 Å². The van der Waals surface area contributed by atoms with Crippen LogP contribution in [0, 0.1) is 0 Å². The number of hydrogen-bond acceptors (Lipinski definition) is 4. The molecule has 3 aromatic rings. The lowest BCUT2D eigenvalue weighted by atomic mass is 9.97. The zero-order valence-corrected chi connectivity index (χ0v) is 17.7. The quantitative estimate of drug-likeness (QED) is 0.628. The predicted molar refractivity (Wildman–Crippen MR) is 115 cm³/mol. The Morgan fingerprint density at radius 2 is 1.80 bits per heavy atom. The number of aromatic amines is 1. The maximum Gasteiger partial charge on any atom is 0.267 e. The molecule has 1 saturated heterocycles. The molecule has 1 aromatic heterocycles. The Morgan fingerprint density at radius 3 is 2.43 bits per heavy atom. The number of hydrogen-bond donors (Lipinski definition) is 2. The number of H-pyrrole nitrogens is 1. The van der Waals surface area contributed by atoms with Crippen molar-refractivity contribution in [3.8, 4) is 11.3 Å². The third kappa shape index (κ3) is 3.98. The molecule has 156 valence electrons. The molecule has 30 heavy (non-hydrogen) atoms. The zero-order valence-electron chi connectivity index (χ0n) is 16.1. The molecule has 0 bridgehead atoms. The number of carbonyl (C=O) groups excluding carboxylic acids is 1. The van der Waals surface area contributed by atoms with Crippen molar-refractivity contribution in [1.29, 1.82) is 0 Å². The van der Waals surface area contributed by atoms with Crippen LogP contribution in [0.5, 0.6) is 0 Å². The van der Waals surface area contributed by atoms with E-state index in [1.165, 1.54) is 10.4 Å². The van der Waals surface area contributed by atoms with E-state index in [9.17, 15) is 13.2 Å². The fourth-order valence-electron chi connectivity index (χ4n) is 3.71. The molecule has 2 heterocycles. The van der Waals surface area contributed by atoms with Gasteiger partial charge in [-0.2, -0.15) is 4.31 Å². The van der Waals surface area contributed by atoms with Gasteiger partial charge in [-0.1, -0.05) is 48.0 Å². The molecule has 9 heteroatoms. The highest BCUT2D eigenvalue weighted by molar-refractivity contribution is 7.89. The number of nitrogens with two attached hydrogens (primary N) is 1. The molecule has 7 nitrogen and oxygen atoms in total. The van der Waals surface area contributed by atoms with E-state index in [1.807, 2.05) is 30.3 Å². The van der Waals surface area contributed by atoms with Gasteiger partial charge in [0.25, 0.3) is 5.91 Å². The number of piperidine rings is 1. The van der Waals surface area contributed by atoms with E-state index >= 15 is 0 Å². The Hall–Kier alpha value is -2.68. The van der Waals surface area contributed by atoms with Gasteiger partial charge < -0.3 is 10.7 Å². The first-order valence-corrected chi connectivity index (χ1v) is 11.4. The monoisotopic (exact) mass is 444 g/mol. The average Bonchev–Trinajstić information content (AvgIpc) is 3.20. The van der Waals surface area contributed by atoms with Crippen molar-refractivity contribution < 1.29 is 13.2 Å². The molecule has 0 saturated carbocycles. The van der Waals surface area contributed by atoms with E-state index in [1.54, 1.807) is 18.2 Å². The van der Waals surface area contributed by atoms with Gasteiger partial charge in [0.15, 0.2) is 0 Å². The second-order valence-electron chi connectivity index (χ2n) is 7.21. The van der Waals surface area contributed by atoms with Crippen molar-refractivity contribution in [3.05, 3.63) is 71.1 Å². The lowest BCUT2D eigenvalue weighted by Gasteiger charge is -2.30. The van der Waals surface area contributed by atoms with Gasteiger partial charge in [0, 0.05) is 29.6 Å². The topological polar surface area (TPSA) is 109 Å². The number of nitrogens with one attached hydrogen (secondary N) is 1.